The van der Waals surface area contributed by atoms with Crippen LogP contribution in [-0.4, -0.2) is 22.4 Å². The van der Waals surface area contributed by atoms with Gasteiger partial charge in [0.05, 0.1) is 0 Å². The van der Waals surface area contributed by atoms with Gasteiger partial charge < -0.3 is 5.32 Å². The zero-order valence-corrected chi connectivity index (χ0v) is 11.0. The normalized spacial score (nSPS) is 15.0. The Morgan fingerprint density at radius 1 is 1.44 bits per heavy atom. The van der Waals surface area contributed by atoms with E-state index >= 15 is 0 Å². The Morgan fingerprint density at radius 2 is 2.19 bits per heavy atom. The summed E-state index contributed by atoms with van der Waals surface area (Å²) in [4.78, 5) is 0. The first-order valence-electron chi connectivity index (χ1n) is 6.33. The lowest BCUT2D eigenvalue weighted by Gasteiger charge is -2.17. The first kappa shape index (κ1) is 13.2. The van der Waals surface area contributed by atoms with E-state index in [-0.39, 0.29) is 0 Å². The van der Waals surface area contributed by atoms with Gasteiger partial charge in [0.25, 0.3) is 0 Å². The molecule has 0 saturated carbocycles. The summed E-state index contributed by atoms with van der Waals surface area (Å²) in [5, 5.41) is 7.65. The first-order chi connectivity index (χ1) is 7.63. The van der Waals surface area contributed by atoms with E-state index in [1.54, 1.807) is 0 Å². The van der Waals surface area contributed by atoms with E-state index < -0.39 is 0 Å². The van der Waals surface area contributed by atoms with E-state index in [1.807, 2.05) is 17.9 Å². The highest BCUT2D eigenvalue weighted by Crippen LogP contribution is 2.14. The van der Waals surface area contributed by atoms with Crippen molar-refractivity contribution in [2.45, 2.75) is 46.1 Å². The van der Waals surface area contributed by atoms with Gasteiger partial charge in [0.1, 0.15) is 0 Å². The molecular weight excluding hydrogens is 198 g/mol. The van der Waals surface area contributed by atoms with Crippen molar-refractivity contribution < 1.29 is 0 Å². The van der Waals surface area contributed by atoms with Crippen LogP contribution in [0.4, 0.5) is 0 Å². The average molecular weight is 223 g/mol. The molecule has 3 heteroatoms. The maximum Gasteiger partial charge on any atom is 0.0492 e. The summed E-state index contributed by atoms with van der Waals surface area (Å²) in [6, 6.07) is 2.74. The molecule has 2 atom stereocenters. The largest absolute Gasteiger partial charge is 0.315 e. The van der Waals surface area contributed by atoms with Gasteiger partial charge in [-0.2, -0.15) is 5.10 Å². The maximum absolute atomic E-state index is 4.19. The van der Waals surface area contributed by atoms with E-state index in [0.29, 0.717) is 6.04 Å². The molecular formula is C13H25N3. The van der Waals surface area contributed by atoms with Crippen molar-refractivity contribution in [2.24, 2.45) is 13.0 Å². The molecule has 92 valence electrons. The van der Waals surface area contributed by atoms with Crippen LogP contribution in [0.25, 0.3) is 0 Å². The Labute approximate surface area is 99.2 Å². The lowest BCUT2D eigenvalue weighted by Crippen LogP contribution is -2.27. The number of nitrogens with one attached hydrogen (secondary N) is 1. The highest BCUT2D eigenvalue weighted by molar-refractivity contribution is 4.99. The molecule has 1 heterocycles. The van der Waals surface area contributed by atoms with Crippen LogP contribution in [0.2, 0.25) is 0 Å². The molecule has 16 heavy (non-hydrogen) atoms. The summed E-state index contributed by atoms with van der Waals surface area (Å²) < 4.78 is 1.97. The minimum Gasteiger partial charge on any atom is -0.315 e. The van der Waals surface area contributed by atoms with Crippen LogP contribution in [-0.2, 0) is 13.5 Å². The molecule has 0 fully saturated rings. The molecule has 0 aliphatic carbocycles. The highest BCUT2D eigenvalue weighted by atomic mass is 15.2. The fourth-order valence-corrected chi connectivity index (χ4v) is 2.19. The monoisotopic (exact) mass is 223 g/mol. The molecule has 0 radical (unpaired) electrons. The third kappa shape index (κ3) is 4.35. The second kappa shape index (κ2) is 6.69. The fourth-order valence-electron chi connectivity index (χ4n) is 2.19. The predicted octanol–water partition coefficient (Wildman–Crippen LogP) is 2.38. The second-order valence-electron chi connectivity index (χ2n) is 4.78. The van der Waals surface area contributed by atoms with Gasteiger partial charge in [0.2, 0.25) is 0 Å². The number of aromatic nitrogens is 2. The Bertz CT molecular complexity index is 293. The predicted molar refractivity (Wildman–Crippen MR) is 68.4 cm³/mol. The van der Waals surface area contributed by atoms with Crippen molar-refractivity contribution in [1.82, 2.24) is 15.1 Å². The molecule has 1 rings (SSSR count). The standard InChI is InChI=1S/C13H25N3/c1-5-14-12(3)10-11(2)6-7-13-8-9-15-16(13)4/h8-9,11-12,14H,5-7,10H2,1-4H3. The van der Waals surface area contributed by atoms with E-state index in [1.165, 1.54) is 18.5 Å². The molecule has 0 aliphatic rings. The zero-order chi connectivity index (χ0) is 12.0. The van der Waals surface area contributed by atoms with Crippen LogP contribution in [0, 0.1) is 5.92 Å². The Hall–Kier alpha value is -0.830. The van der Waals surface area contributed by atoms with Crippen molar-refractivity contribution in [3.8, 4) is 0 Å². The molecule has 0 aromatic carbocycles. The lowest BCUT2D eigenvalue weighted by molar-refractivity contribution is 0.405. The average Bonchev–Trinajstić information content (AvgIpc) is 2.61. The van der Waals surface area contributed by atoms with E-state index in [9.17, 15) is 0 Å². The summed E-state index contributed by atoms with van der Waals surface area (Å²) in [6.07, 6.45) is 5.51. The smallest absolute Gasteiger partial charge is 0.0492 e. The third-order valence-electron chi connectivity index (χ3n) is 3.12. The molecule has 1 aromatic rings. The van der Waals surface area contributed by atoms with E-state index in [4.69, 9.17) is 0 Å². The van der Waals surface area contributed by atoms with Crippen LogP contribution >= 0.6 is 0 Å². The summed E-state index contributed by atoms with van der Waals surface area (Å²) in [7, 11) is 2.02. The molecule has 1 aromatic heterocycles. The maximum atomic E-state index is 4.19. The number of nitrogens with zero attached hydrogens (tertiary/aromatic N) is 2. The van der Waals surface area contributed by atoms with Gasteiger partial charge >= 0.3 is 0 Å². The molecule has 1 N–H and O–H groups in total. The molecule has 0 bridgehead atoms. The third-order valence-corrected chi connectivity index (χ3v) is 3.12. The van der Waals surface area contributed by atoms with Crippen LogP contribution in [0.15, 0.2) is 12.3 Å². The van der Waals surface area contributed by atoms with Gasteiger partial charge in [-0.15, -0.1) is 0 Å². The molecule has 3 nitrogen and oxygen atoms in total. The van der Waals surface area contributed by atoms with Crippen molar-refractivity contribution in [3.63, 3.8) is 0 Å². The minimum atomic E-state index is 0.631. The van der Waals surface area contributed by atoms with Crippen molar-refractivity contribution in [2.75, 3.05) is 6.54 Å². The summed E-state index contributed by atoms with van der Waals surface area (Å²) >= 11 is 0. The number of rotatable bonds is 7. The zero-order valence-electron chi connectivity index (χ0n) is 11.0. The Kier molecular flexibility index (Phi) is 5.53. The van der Waals surface area contributed by atoms with Gasteiger partial charge in [-0.25, -0.2) is 0 Å². The van der Waals surface area contributed by atoms with Gasteiger partial charge in [0, 0.05) is 25.0 Å². The van der Waals surface area contributed by atoms with Crippen LogP contribution in [0.1, 0.15) is 39.3 Å². The Morgan fingerprint density at radius 3 is 2.75 bits per heavy atom. The topological polar surface area (TPSA) is 29.9 Å². The molecule has 0 saturated heterocycles. The van der Waals surface area contributed by atoms with Gasteiger partial charge in [-0.05, 0) is 44.7 Å². The van der Waals surface area contributed by atoms with Crippen LogP contribution < -0.4 is 5.32 Å². The highest BCUT2D eigenvalue weighted by Gasteiger charge is 2.08. The lowest BCUT2D eigenvalue weighted by atomic mass is 9.97. The van der Waals surface area contributed by atoms with Crippen LogP contribution in [0.3, 0.4) is 0 Å². The summed E-state index contributed by atoms with van der Waals surface area (Å²) in [5.74, 6) is 0.768. The Balaban J connectivity index is 2.25. The van der Waals surface area contributed by atoms with E-state index in [0.717, 1.165) is 18.9 Å². The summed E-state index contributed by atoms with van der Waals surface area (Å²) in [5.41, 5.74) is 1.34. The summed E-state index contributed by atoms with van der Waals surface area (Å²) in [6.45, 7) is 7.83. The van der Waals surface area contributed by atoms with E-state index in [2.05, 4.69) is 37.3 Å². The van der Waals surface area contributed by atoms with Crippen molar-refractivity contribution in [3.05, 3.63) is 18.0 Å². The fraction of sp³-hybridized carbons (Fsp3) is 0.769. The minimum absolute atomic E-state index is 0.631. The number of hydrogen-bond acceptors (Lipinski definition) is 2. The SMILES string of the molecule is CCNC(C)CC(C)CCc1ccnn1C. The quantitative estimate of drug-likeness (QED) is 0.769. The number of hydrogen-bond donors (Lipinski definition) is 1. The molecule has 2 unspecified atom stereocenters. The first-order valence-corrected chi connectivity index (χ1v) is 6.33. The molecule has 0 aliphatic heterocycles. The van der Waals surface area contributed by atoms with Gasteiger partial charge in [-0.3, -0.25) is 4.68 Å². The van der Waals surface area contributed by atoms with Crippen LogP contribution in [0.5, 0.6) is 0 Å². The van der Waals surface area contributed by atoms with Gasteiger partial charge in [0.15, 0.2) is 0 Å². The van der Waals surface area contributed by atoms with Crippen molar-refractivity contribution >= 4 is 0 Å². The second-order valence-corrected chi connectivity index (χ2v) is 4.78. The number of aryl methyl sites for hydroxylation is 2. The molecule has 0 amide bonds. The van der Waals surface area contributed by atoms with Crippen molar-refractivity contribution in [1.29, 1.82) is 0 Å². The molecule has 0 spiro atoms. The van der Waals surface area contributed by atoms with Gasteiger partial charge in [-0.1, -0.05) is 13.8 Å².